The molecule has 1 atom stereocenters. The fraction of sp³-hybridized carbons (Fsp3) is 0.294. The number of aryl methyl sites for hydroxylation is 2. The van der Waals surface area contributed by atoms with Gasteiger partial charge in [-0.15, -0.1) is 0 Å². The number of aromatic nitrogens is 2. The van der Waals surface area contributed by atoms with Crippen LogP contribution in [-0.4, -0.2) is 44.3 Å². The van der Waals surface area contributed by atoms with Crippen molar-refractivity contribution in [2.75, 3.05) is 7.11 Å². The van der Waals surface area contributed by atoms with Crippen LogP contribution in [0, 0.1) is 0 Å². The Morgan fingerprint density at radius 3 is 2.46 bits per heavy atom. The Labute approximate surface area is 153 Å². The summed E-state index contributed by atoms with van der Waals surface area (Å²) in [5, 5.41) is -0.521. The van der Waals surface area contributed by atoms with Crippen LogP contribution < -0.4 is 5.69 Å². The molecule has 2 amide bonds. The van der Waals surface area contributed by atoms with Crippen LogP contribution in [-0.2, 0) is 28.4 Å². The van der Waals surface area contributed by atoms with Crippen molar-refractivity contribution in [3.05, 3.63) is 39.2 Å². The van der Waals surface area contributed by atoms with Crippen molar-refractivity contribution >= 4 is 46.0 Å². The van der Waals surface area contributed by atoms with Crippen molar-refractivity contribution in [2.45, 2.75) is 13.0 Å². The van der Waals surface area contributed by atoms with Gasteiger partial charge in [-0.3, -0.25) is 23.6 Å². The number of imide groups is 1. The van der Waals surface area contributed by atoms with Gasteiger partial charge >= 0.3 is 11.7 Å². The molecule has 0 spiro atoms. The SMILES string of the molecule is COC(=O)[C@@H](C)N1C(=O)S/C(=C/c2ccc3c(c2)n(C)c(=O)n3C)C1=O. The van der Waals surface area contributed by atoms with Gasteiger partial charge in [0.2, 0.25) is 0 Å². The summed E-state index contributed by atoms with van der Waals surface area (Å²) in [6.45, 7) is 1.44. The van der Waals surface area contributed by atoms with Gasteiger partial charge < -0.3 is 4.74 Å². The third-order valence-corrected chi connectivity index (χ3v) is 5.23. The topological polar surface area (TPSA) is 90.6 Å². The minimum Gasteiger partial charge on any atom is -0.467 e. The molecule has 0 aliphatic carbocycles. The number of thioether (sulfide) groups is 1. The van der Waals surface area contributed by atoms with E-state index in [-0.39, 0.29) is 10.6 Å². The molecule has 0 unspecified atom stereocenters. The zero-order valence-corrected chi connectivity index (χ0v) is 15.5. The number of methoxy groups -OCH3 is 1. The zero-order chi connectivity index (χ0) is 19.2. The molecule has 0 radical (unpaired) electrons. The molecular formula is C17H17N3O5S. The molecule has 1 aromatic carbocycles. The summed E-state index contributed by atoms with van der Waals surface area (Å²) in [6, 6.07) is 4.33. The summed E-state index contributed by atoms with van der Waals surface area (Å²) in [7, 11) is 4.55. The van der Waals surface area contributed by atoms with Crippen molar-refractivity contribution in [2.24, 2.45) is 14.1 Å². The lowest BCUT2D eigenvalue weighted by atomic mass is 10.1. The Balaban J connectivity index is 1.98. The molecule has 1 aliphatic heterocycles. The Bertz CT molecular complexity index is 1030. The number of carbonyl (C=O) groups is 3. The number of amides is 2. The summed E-state index contributed by atoms with van der Waals surface area (Å²) in [4.78, 5) is 49.4. The molecule has 1 saturated heterocycles. The first-order valence-corrected chi connectivity index (χ1v) is 8.58. The number of hydrogen-bond donors (Lipinski definition) is 0. The molecule has 2 aromatic rings. The maximum absolute atomic E-state index is 12.5. The van der Waals surface area contributed by atoms with E-state index in [9.17, 15) is 19.2 Å². The van der Waals surface area contributed by atoms with E-state index >= 15 is 0 Å². The maximum Gasteiger partial charge on any atom is 0.328 e. The number of benzene rings is 1. The monoisotopic (exact) mass is 375 g/mol. The van der Waals surface area contributed by atoms with Crippen molar-refractivity contribution in [3.63, 3.8) is 0 Å². The number of esters is 1. The summed E-state index contributed by atoms with van der Waals surface area (Å²) in [5.74, 6) is -1.20. The van der Waals surface area contributed by atoms with Crippen LogP contribution in [0.25, 0.3) is 17.1 Å². The molecule has 26 heavy (non-hydrogen) atoms. The first-order valence-electron chi connectivity index (χ1n) is 7.76. The van der Waals surface area contributed by atoms with Crippen LogP contribution in [0.1, 0.15) is 12.5 Å². The third kappa shape index (κ3) is 2.74. The quantitative estimate of drug-likeness (QED) is 0.596. The largest absolute Gasteiger partial charge is 0.467 e. The molecule has 1 aliphatic rings. The van der Waals surface area contributed by atoms with Gasteiger partial charge in [0.05, 0.1) is 23.0 Å². The van der Waals surface area contributed by atoms with Gasteiger partial charge in [-0.1, -0.05) is 6.07 Å². The minimum atomic E-state index is -0.990. The first-order chi connectivity index (χ1) is 12.3. The predicted octanol–water partition coefficient (Wildman–Crippen LogP) is 1.47. The molecule has 136 valence electrons. The van der Waals surface area contributed by atoms with Gasteiger partial charge in [-0.05, 0) is 42.5 Å². The number of hydrogen-bond acceptors (Lipinski definition) is 6. The van der Waals surface area contributed by atoms with Crippen LogP contribution >= 0.6 is 11.8 Å². The molecule has 1 aromatic heterocycles. The van der Waals surface area contributed by atoms with Crippen molar-refractivity contribution in [3.8, 4) is 0 Å². The highest BCUT2D eigenvalue weighted by Crippen LogP contribution is 2.34. The normalized spacial score (nSPS) is 17.4. The Morgan fingerprint density at radius 1 is 1.15 bits per heavy atom. The van der Waals surface area contributed by atoms with Crippen LogP contribution in [0.2, 0.25) is 0 Å². The van der Waals surface area contributed by atoms with Crippen LogP contribution in [0.5, 0.6) is 0 Å². The molecule has 3 rings (SSSR count). The zero-order valence-electron chi connectivity index (χ0n) is 14.7. The third-order valence-electron chi connectivity index (χ3n) is 4.35. The average Bonchev–Trinajstić information content (AvgIpc) is 3.02. The number of fused-ring (bicyclic) bond motifs is 1. The van der Waals surface area contributed by atoms with E-state index in [0.717, 1.165) is 22.2 Å². The molecule has 0 N–H and O–H groups in total. The van der Waals surface area contributed by atoms with E-state index in [1.54, 1.807) is 38.4 Å². The molecular weight excluding hydrogens is 358 g/mol. The van der Waals surface area contributed by atoms with Gasteiger partial charge in [0.15, 0.2) is 0 Å². The van der Waals surface area contributed by atoms with Crippen LogP contribution in [0.15, 0.2) is 27.9 Å². The number of carbonyl (C=O) groups excluding carboxylic acids is 3. The van der Waals surface area contributed by atoms with E-state index in [0.29, 0.717) is 11.1 Å². The van der Waals surface area contributed by atoms with Gasteiger partial charge in [-0.2, -0.15) is 0 Å². The Kier molecular flexibility index (Phi) is 4.49. The van der Waals surface area contributed by atoms with Crippen LogP contribution in [0.3, 0.4) is 0 Å². The van der Waals surface area contributed by atoms with Gasteiger partial charge in [0, 0.05) is 14.1 Å². The average molecular weight is 375 g/mol. The van der Waals surface area contributed by atoms with Crippen LogP contribution in [0.4, 0.5) is 4.79 Å². The lowest BCUT2D eigenvalue weighted by Gasteiger charge is -2.18. The second kappa shape index (κ2) is 6.49. The second-order valence-corrected chi connectivity index (χ2v) is 6.89. The van der Waals surface area contributed by atoms with Gasteiger partial charge in [0.1, 0.15) is 6.04 Å². The summed E-state index contributed by atoms with van der Waals surface area (Å²) in [5.41, 5.74) is 2.01. The number of nitrogens with zero attached hydrogens (tertiary/aromatic N) is 3. The molecule has 1 fully saturated rings. The van der Waals surface area contributed by atoms with E-state index < -0.39 is 23.2 Å². The van der Waals surface area contributed by atoms with E-state index in [1.165, 1.54) is 23.2 Å². The summed E-state index contributed by atoms with van der Waals surface area (Å²) in [6.07, 6.45) is 1.58. The predicted molar refractivity (Wildman–Crippen MR) is 97.4 cm³/mol. The van der Waals surface area contributed by atoms with Crippen molar-refractivity contribution in [1.82, 2.24) is 14.0 Å². The van der Waals surface area contributed by atoms with Gasteiger partial charge in [-0.25, -0.2) is 9.59 Å². The van der Waals surface area contributed by atoms with E-state index in [4.69, 9.17) is 0 Å². The summed E-state index contributed by atoms with van der Waals surface area (Å²) < 4.78 is 7.65. The minimum absolute atomic E-state index is 0.149. The Hall–Kier alpha value is -2.81. The van der Waals surface area contributed by atoms with E-state index in [1.807, 2.05) is 0 Å². The molecule has 2 heterocycles. The second-order valence-electron chi connectivity index (χ2n) is 5.90. The number of ether oxygens (including phenoxy) is 1. The Morgan fingerprint density at radius 2 is 1.81 bits per heavy atom. The van der Waals surface area contributed by atoms with Crippen molar-refractivity contribution < 1.29 is 19.1 Å². The molecule has 8 nitrogen and oxygen atoms in total. The lowest BCUT2D eigenvalue weighted by molar-refractivity contribution is -0.148. The smallest absolute Gasteiger partial charge is 0.328 e. The number of imidazole rings is 1. The first kappa shape index (κ1) is 18.0. The fourth-order valence-corrected chi connectivity index (χ4v) is 3.76. The highest BCUT2D eigenvalue weighted by atomic mass is 32.2. The molecule has 9 heteroatoms. The highest BCUT2D eigenvalue weighted by molar-refractivity contribution is 8.18. The molecule has 0 saturated carbocycles. The molecule has 0 bridgehead atoms. The van der Waals surface area contributed by atoms with Gasteiger partial charge in [0.25, 0.3) is 11.1 Å². The standard InChI is InChI=1S/C17H17N3O5S/c1-9(15(22)25-4)20-14(21)13(26-17(20)24)8-10-5-6-11-12(7-10)19(3)16(23)18(11)2/h5-9H,1-4H3/b13-8+/t9-/m1/s1. The fourth-order valence-electron chi connectivity index (χ4n) is 2.85. The van der Waals surface area contributed by atoms with Crippen molar-refractivity contribution in [1.29, 1.82) is 0 Å². The summed E-state index contributed by atoms with van der Waals surface area (Å²) >= 11 is 0.768. The number of rotatable bonds is 3. The highest BCUT2D eigenvalue weighted by Gasteiger charge is 2.41. The van der Waals surface area contributed by atoms with E-state index in [2.05, 4.69) is 4.74 Å². The lowest BCUT2D eigenvalue weighted by Crippen LogP contribution is -2.42. The maximum atomic E-state index is 12.5.